The van der Waals surface area contributed by atoms with Gasteiger partial charge in [-0.3, -0.25) is 4.79 Å². The second-order valence-corrected chi connectivity index (χ2v) is 2.89. The molecule has 0 aromatic rings. The van der Waals surface area contributed by atoms with Gasteiger partial charge >= 0.3 is 5.97 Å². The molecule has 1 aliphatic rings. The minimum atomic E-state index is -1.79. The predicted octanol–water partition coefficient (Wildman–Crippen LogP) is -2.42. The fraction of sp³-hybridized carbons (Fsp3) is 0.714. The van der Waals surface area contributed by atoms with Crippen molar-refractivity contribution in [1.29, 1.82) is 0 Å². The molecule has 0 aromatic carbocycles. The van der Waals surface area contributed by atoms with E-state index in [-0.39, 0.29) is 0 Å². The van der Waals surface area contributed by atoms with Gasteiger partial charge in [0.25, 0.3) is 0 Å². The van der Waals surface area contributed by atoms with Crippen LogP contribution < -0.4 is 0 Å². The minimum Gasteiger partial charge on any atom is -0.449 e. The largest absolute Gasteiger partial charge is 0.449 e. The van der Waals surface area contributed by atoms with E-state index in [1.165, 1.54) is 0 Å². The lowest BCUT2D eigenvalue weighted by atomic mass is 9.97. The van der Waals surface area contributed by atoms with Crippen LogP contribution in [0.4, 0.5) is 0 Å². The second-order valence-electron chi connectivity index (χ2n) is 2.89. The van der Waals surface area contributed by atoms with Gasteiger partial charge in [0.05, 0.1) is 0 Å². The van der Waals surface area contributed by atoms with Crippen LogP contribution >= 0.6 is 0 Å². The van der Waals surface area contributed by atoms with Gasteiger partial charge in [0, 0.05) is 0 Å². The topological polar surface area (TPSA) is 104 Å². The summed E-state index contributed by atoms with van der Waals surface area (Å²) in [5.74, 6) is -1.68. The summed E-state index contributed by atoms with van der Waals surface area (Å²) in [6.45, 7) is 1.12. The van der Waals surface area contributed by atoms with Crippen LogP contribution in [0.3, 0.4) is 0 Å². The molecule has 0 aromatic heterocycles. The molecule has 3 N–H and O–H groups in total. The maximum atomic E-state index is 10.8. The smallest absolute Gasteiger partial charge is 0.338 e. The van der Waals surface area contributed by atoms with Crippen LogP contribution in [-0.2, 0) is 14.3 Å². The summed E-state index contributed by atoms with van der Waals surface area (Å²) in [5, 5.41) is 27.2. The molecule has 1 heterocycles. The molecule has 13 heavy (non-hydrogen) atoms. The number of hydrogen-bond acceptors (Lipinski definition) is 6. The molecule has 4 unspecified atom stereocenters. The first kappa shape index (κ1) is 10.1. The number of ketones is 1. The second kappa shape index (κ2) is 3.41. The summed E-state index contributed by atoms with van der Waals surface area (Å²) >= 11 is 0. The number of hydrogen-bond donors (Lipinski definition) is 3. The molecular formula is C7H10O6. The monoisotopic (exact) mass is 190 g/mol. The lowest BCUT2D eigenvalue weighted by Gasteiger charge is -2.32. The van der Waals surface area contributed by atoms with E-state index < -0.39 is 36.2 Å². The predicted molar refractivity (Wildman–Crippen MR) is 38.6 cm³/mol. The Hall–Kier alpha value is -0.980. The average Bonchev–Trinajstić information content (AvgIpc) is 2.07. The van der Waals surface area contributed by atoms with Gasteiger partial charge in [0.15, 0.2) is 18.0 Å². The highest BCUT2D eigenvalue weighted by molar-refractivity contribution is 5.87. The number of Topliss-reactive ketones (excluding diaryl/α,β-unsaturated/α-hetero) is 1. The highest BCUT2D eigenvalue weighted by Gasteiger charge is 2.45. The number of carbonyl (C=O) groups excluding carboxylic acids is 2. The Kier molecular flexibility index (Phi) is 2.65. The third-order valence-corrected chi connectivity index (χ3v) is 1.87. The maximum absolute atomic E-state index is 10.8. The van der Waals surface area contributed by atoms with Crippen molar-refractivity contribution >= 4 is 11.8 Å². The summed E-state index contributed by atoms with van der Waals surface area (Å²) in [4.78, 5) is 21.5. The first-order valence-electron chi connectivity index (χ1n) is 3.70. The molecule has 0 bridgehead atoms. The summed E-state index contributed by atoms with van der Waals surface area (Å²) in [6.07, 6.45) is -6.41. The zero-order valence-electron chi connectivity index (χ0n) is 6.88. The number of ether oxygens (including phenoxy) is 1. The minimum absolute atomic E-state index is 0.577. The van der Waals surface area contributed by atoms with Gasteiger partial charge in [-0.15, -0.1) is 0 Å². The number of aliphatic hydroxyl groups is 3. The van der Waals surface area contributed by atoms with E-state index in [1.807, 2.05) is 0 Å². The van der Waals surface area contributed by atoms with E-state index >= 15 is 0 Å². The van der Waals surface area contributed by atoms with Gasteiger partial charge < -0.3 is 20.1 Å². The van der Waals surface area contributed by atoms with Crippen LogP contribution in [0.2, 0.25) is 0 Å². The Labute approximate surface area is 73.7 Å². The molecule has 1 aliphatic heterocycles. The summed E-state index contributed by atoms with van der Waals surface area (Å²) < 4.78 is 4.39. The normalized spacial score (nSPS) is 39.8. The third-order valence-electron chi connectivity index (χ3n) is 1.87. The average molecular weight is 190 g/mol. The van der Waals surface area contributed by atoms with Gasteiger partial charge in [-0.25, -0.2) is 4.79 Å². The fourth-order valence-electron chi connectivity index (χ4n) is 1.09. The lowest BCUT2D eigenvalue weighted by molar-refractivity contribution is -0.202. The molecule has 0 saturated carbocycles. The van der Waals surface area contributed by atoms with Crippen LogP contribution in [0, 0.1) is 0 Å². The molecule has 1 fully saturated rings. The van der Waals surface area contributed by atoms with Crippen LogP contribution in [0.5, 0.6) is 0 Å². The first-order valence-corrected chi connectivity index (χ1v) is 3.70. The van der Waals surface area contributed by atoms with Crippen LogP contribution in [0.1, 0.15) is 6.92 Å². The molecule has 1 saturated heterocycles. The quantitative estimate of drug-likeness (QED) is 0.398. The fourth-order valence-corrected chi connectivity index (χ4v) is 1.09. The molecule has 0 spiro atoms. The summed E-state index contributed by atoms with van der Waals surface area (Å²) in [5.41, 5.74) is 0. The van der Waals surface area contributed by atoms with Crippen molar-refractivity contribution in [2.24, 2.45) is 0 Å². The van der Waals surface area contributed by atoms with E-state index in [2.05, 4.69) is 4.74 Å². The Balaban J connectivity index is 2.82. The Morgan fingerprint density at radius 1 is 1.31 bits per heavy atom. The van der Waals surface area contributed by atoms with E-state index in [1.54, 1.807) is 0 Å². The first-order chi connectivity index (χ1) is 5.95. The van der Waals surface area contributed by atoms with E-state index in [0.717, 1.165) is 6.92 Å². The number of aliphatic hydroxyl groups excluding tert-OH is 3. The van der Waals surface area contributed by atoms with Crippen LogP contribution in [0.15, 0.2) is 0 Å². The van der Waals surface area contributed by atoms with Crippen molar-refractivity contribution in [3.05, 3.63) is 0 Å². The van der Waals surface area contributed by atoms with Crippen molar-refractivity contribution in [1.82, 2.24) is 0 Å². The number of rotatable bonds is 1. The Morgan fingerprint density at radius 3 is 2.31 bits per heavy atom. The van der Waals surface area contributed by atoms with Gasteiger partial charge in [0.2, 0.25) is 0 Å². The third kappa shape index (κ3) is 1.69. The Morgan fingerprint density at radius 2 is 1.85 bits per heavy atom. The van der Waals surface area contributed by atoms with Gasteiger partial charge in [-0.1, -0.05) is 0 Å². The Bertz CT molecular complexity index is 237. The molecule has 0 amide bonds. The highest BCUT2D eigenvalue weighted by atomic mass is 16.6. The molecular weight excluding hydrogens is 180 g/mol. The van der Waals surface area contributed by atoms with Crippen molar-refractivity contribution in [2.45, 2.75) is 31.3 Å². The zero-order valence-corrected chi connectivity index (χ0v) is 6.88. The molecule has 4 atom stereocenters. The standard InChI is InChI=1S/C7H10O6/c1-2(8)6-4(10)3(9)5(11)7(12)13-6/h3-6,9-11H,1H3. The zero-order chi connectivity index (χ0) is 10.2. The van der Waals surface area contributed by atoms with Gasteiger partial charge in [-0.05, 0) is 6.92 Å². The molecule has 6 heteroatoms. The van der Waals surface area contributed by atoms with Crippen molar-refractivity contribution < 1.29 is 29.6 Å². The van der Waals surface area contributed by atoms with Crippen molar-refractivity contribution in [3.8, 4) is 0 Å². The SMILES string of the molecule is CC(=O)C1OC(=O)C(O)C(O)C1O. The lowest BCUT2D eigenvalue weighted by Crippen LogP contribution is -2.57. The molecule has 1 rings (SSSR count). The van der Waals surface area contributed by atoms with Crippen molar-refractivity contribution in [3.63, 3.8) is 0 Å². The van der Waals surface area contributed by atoms with E-state index in [0.29, 0.717) is 0 Å². The molecule has 6 nitrogen and oxygen atoms in total. The summed E-state index contributed by atoms with van der Waals surface area (Å²) in [6, 6.07) is 0. The van der Waals surface area contributed by atoms with Crippen LogP contribution in [-0.4, -0.2) is 51.5 Å². The van der Waals surface area contributed by atoms with Crippen molar-refractivity contribution in [2.75, 3.05) is 0 Å². The van der Waals surface area contributed by atoms with E-state index in [4.69, 9.17) is 10.2 Å². The number of carbonyl (C=O) groups is 2. The molecule has 0 radical (unpaired) electrons. The number of cyclic esters (lactones) is 1. The van der Waals surface area contributed by atoms with Gasteiger partial charge in [-0.2, -0.15) is 0 Å². The van der Waals surface area contributed by atoms with Crippen LogP contribution in [0.25, 0.3) is 0 Å². The molecule has 74 valence electrons. The molecule has 0 aliphatic carbocycles. The number of esters is 1. The highest BCUT2D eigenvalue weighted by Crippen LogP contribution is 2.17. The van der Waals surface area contributed by atoms with E-state index in [9.17, 15) is 14.7 Å². The van der Waals surface area contributed by atoms with Gasteiger partial charge in [0.1, 0.15) is 12.2 Å². The maximum Gasteiger partial charge on any atom is 0.338 e. The summed E-state index contributed by atoms with van der Waals surface area (Å²) in [7, 11) is 0.